The number of carbonyl (C=O) groups excluding carboxylic acids is 1. The number of hydrogen-bond donors (Lipinski definition) is 2. The molecule has 0 aromatic rings. The SMILES string of the molecule is CNC(=O)CC(N)C1CC1.Cl. The van der Waals surface area contributed by atoms with Gasteiger partial charge in [0, 0.05) is 19.5 Å². The van der Waals surface area contributed by atoms with Crippen LogP contribution in [0.15, 0.2) is 0 Å². The molecule has 0 saturated heterocycles. The predicted molar refractivity (Wildman–Crippen MR) is 46.6 cm³/mol. The lowest BCUT2D eigenvalue weighted by Crippen LogP contribution is -2.30. The van der Waals surface area contributed by atoms with E-state index in [4.69, 9.17) is 5.73 Å². The maximum Gasteiger partial charge on any atom is 0.221 e. The van der Waals surface area contributed by atoms with Crippen molar-refractivity contribution in [3.63, 3.8) is 0 Å². The summed E-state index contributed by atoms with van der Waals surface area (Å²) in [6, 6.07) is 0.0972. The summed E-state index contributed by atoms with van der Waals surface area (Å²) in [4.78, 5) is 10.8. The minimum Gasteiger partial charge on any atom is -0.359 e. The first-order valence-electron chi connectivity index (χ1n) is 3.70. The summed E-state index contributed by atoms with van der Waals surface area (Å²) < 4.78 is 0. The van der Waals surface area contributed by atoms with Gasteiger partial charge in [0.2, 0.25) is 5.91 Å². The highest BCUT2D eigenvalue weighted by Crippen LogP contribution is 2.32. The van der Waals surface area contributed by atoms with Crippen molar-refractivity contribution in [2.24, 2.45) is 11.7 Å². The van der Waals surface area contributed by atoms with Crippen LogP contribution in [0.2, 0.25) is 0 Å². The van der Waals surface area contributed by atoms with Gasteiger partial charge in [-0.2, -0.15) is 0 Å². The highest BCUT2D eigenvalue weighted by atomic mass is 35.5. The second-order valence-electron chi connectivity index (χ2n) is 2.88. The molecule has 1 aliphatic carbocycles. The zero-order valence-electron chi connectivity index (χ0n) is 6.67. The Hall–Kier alpha value is -0.280. The lowest BCUT2D eigenvalue weighted by Gasteiger charge is -2.07. The van der Waals surface area contributed by atoms with Crippen LogP contribution in [0.25, 0.3) is 0 Å². The molecule has 1 amide bonds. The molecule has 66 valence electrons. The van der Waals surface area contributed by atoms with E-state index >= 15 is 0 Å². The average Bonchev–Trinajstić information content (AvgIpc) is 2.68. The van der Waals surface area contributed by atoms with Crippen LogP contribution in [0, 0.1) is 5.92 Å². The van der Waals surface area contributed by atoms with Crippen molar-refractivity contribution < 1.29 is 4.79 Å². The Labute approximate surface area is 73.1 Å². The summed E-state index contributed by atoms with van der Waals surface area (Å²) in [5.41, 5.74) is 5.69. The van der Waals surface area contributed by atoms with E-state index in [0.29, 0.717) is 12.3 Å². The molecule has 0 aliphatic heterocycles. The quantitative estimate of drug-likeness (QED) is 0.653. The van der Waals surface area contributed by atoms with Crippen molar-refractivity contribution >= 4 is 18.3 Å². The van der Waals surface area contributed by atoms with Crippen LogP contribution >= 0.6 is 12.4 Å². The monoisotopic (exact) mass is 178 g/mol. The normalized spacial score (nSPS) is 18.4. The molecule has 1 unspecified atom stereocenters. The van der Waals surface area contributed by atoms with Gasteiger partial charge in [-0.1, -0.05) is 0 Å². The molecule has 0 aromatic heterocycles. The summed E-state index contributed by atoms with van der Waals surface area (Å²) in [7, 11) is 1.64. The molecule has 0 aromatic carbocycles. The molecule has 0 radical (unpaired) electrons. The minimum atomic E-state index is 0. The van der Waals surface area contributed by atoms with E-state index in [1.807, 2.05) is 0 Å². The number of nitrogens with two attached hydrogens (primary N) is 1. The number of rotatable bonds is 3. The Morgan fingerprint density at radius 3 is 2.64 bits per heavy atom. The number of halogens is 1. The molecule has 3 N–H and O–H groups in total. The Bertz CT molecular complexity index is 136. The van der Waals surface area contributed by atoms with Crippen LogP contribution in [0.4, 0.5) is 0 Å². The van der Waals surface area contributed by atoms with Gasteiger partial charge in [0.05, 0.1) is 0 Å². The van der Waals surface area contributed by atoms with E-state index in [0.717, 1.165) is 0 Å². The number of carbonyl (C=O) groups is 1. The van der Waals surface area contributed by atoms with E-state index in [9.17, 15) is 4.79 Å². The third-order valence-corrected chi connectivity index (χ3v) is 1.93. The molecule has 1 atom stereocenters. The van der Waals surface area contributed by atoms with Gasteiger partial charge in [-0.05, 0) is 18.8 Å². The van der Waals surface area contributed by atoms with Gasteiger partial charge < -0.3 is 11.1 Å². The Kier molecular flexibility index (Phi) is 4.45. The molecule has 0 spiro atoms. The second-order valence-corrected chi connectivity index (χ2v) is 2.88. The third kappa shape index (κ3) is 3.58. The zero-order chi connectivity index (χ0) is 7.56. The lowest BCUT2D eigenvalue weighted by atomic mass is 10.1. The molecule has 1 fully saturated rings. The fourth-order valence-corrected chi connectivity index (χ4v) is 1.01. The number of hydrogen-bond acceptors (Lipinski definition) is 2. The summed E-state index contributed by atoms with van der Waals surface area (Å²) in [6.45, 7) is 0. The van der Waals surface area contributed by atoms with Gasteiger partial charge in [-0.15, -0.1) is 12.4 Å². The van der Waals surface area contributed by atoms with Gasteiger partial charge in [0.25, 0.3) is 0 Å². The van der Waals surface area contributed by atoms with Crippen molar-refractivity contribution in [3.05, 3.63) is 0 Å². The second kappa shape index (κ2) is 4.57. The first kappa shape index (κ1) is 10.7. The molecule has 0 bridgehead atoms. The molecule has 0 heterocycles. The predicted octanol–water partition coefficient (Wildman–Crippen LogP) is 0.282. The molecular formula is C7H15ClN2O. The zero-order valence-corrected chi connectivity index (χ0v) is 7.49. The van der Waals surface area contributed by atoms with Crippen molar-refractivity contribution in [2.45, 2.75) is 25.3 Å². The van der Waals surface area contributed by atoms with Crippen molar-refractivity contribution in [2.75, 3.05) is 7.05 Å². The van der Waals surface area contributed by atoms with E-state index in [1.54, 1.807) is 7.05 Å². The number of nitrogens with one attached hydrogen (secondary N) is 1. The van der Waals surface area contributed by atoms with Crippen molar-refractivity contribution in [1.29, 1.82) is 0 Å². The standard InChI is InChI=1S/C7H14N2O.ClH/c1-9-7(10)4-6(8)5-2-3-5;/h5-6H,2-4,8H2,1H3,(H,9,10);1H. The van der Waals surface area contributed by atoms with Crippen molar-refractivity contribution in [1.82, 2.24) is 5.32 Å². The van der Waals surface area contributed by atoms with E-state index in [-0.39, 0.29) is 24.4 Å². The summed E-state index contributed by atoms with van der Waals surface area (Å²) in [5.74, 6) is 0.677. The van der Waals surface area contributed by atoms with Crippen LogP contribution in [0.3, 0.4) is 0 Å². The van der Waals surface area contributed by atoms with Gasteiger partial charge in [-0.25, -0.2) is 0 Å². The van der Waals surface area contributed by atoms with Crippen LogP contribution in [0.5, 0.6) is 0 Å². The van der Waals surface area contributed by atoms with E-state index in [2.05, 4.69) is 5.32 Å². The number of amides is 1. The van der Waals surface area contributed by atoms with E-state index in [1.165, 1.54) is 12.8 Å². The largest absolute Gasteiger partial charge is 0.359 e. The molecule has 3 nitrogen and oxygen atoms in total. The molecule has 1 saturated carbocycles. The van der Waals surface area contributed by atoms with Gasteiger partial charge in [-0.3, -0.25) is 4.79 Å². The average molecular weight is 179 g/mol. The van der Waals surface area contributed by atoms with Gasteiger partial charge >= 0.3 is 0 Å². The highest BCUT2D eigenvalue weighted by Gasteiger charge is 2.29. The minimum absolute atomic E-state index is 0. The molecule has 11 heavy (non-hydrogen) atoms. The molecule has 1 aliphatic rings. The van der Waals surface area contributed by atoms with Crippen LogP contribution in [-0.2, 0) is 4.79 Å². The maximum absolute atomic E-state index is 10.8. The summed E-state index contributed by atoms with van der Waals surface area (Å²) in [6.07, 6.45) is 2.90. The van der Waals surface area contributed by atoms with Crippen LogP contribution in [-0.4, -0.2) is 19.0 Å². The van der Waals surface area contributed by atoms with Crippen LogP contribution < -0.4 is 11.1 Å². The molecule has 4 heteroatoms. The first-order valence-corrected chi connectivity index (χ1v) is 3.70. The van der Waals surface area contributed by atoms with Crippen LogP contribution in [0.1, 0.15) is 19.3 Å². The Morgan fingerprint density at radius 2 is 2.27 bits per heavy atom. The first-order chi connectivity index (χ1) is 4.74. The van der Waals surface area contributed by atoms with Crippen molar-refractivity contribution in [3.8, 4) is 0 Å². The highest BCUT2D eigenvalue weighted by molar-refractivity contribution is 5.85. The summed E-state index contributed by atoms with van der Waals surface area (Å²) >= 11 is 0. The smallest absolute Gasteiger partial charge is 0.221 e. The summed E-state index contributed by atoms with van der Waals surface area (Å²) in [5, 5.41) is 2.56. The topological polar surface area (TPSA) is 55.1 Å². The fraction of sp³-hybridized carbons (Fsp3) is 0.857. The Balaban J connectivity index is 0.000001000. The maximum atomic E-state index is 10.8. The fourth-order valence-electron chi connectivity index (χ4n) is 1.01. The van der Waals surface area contributed by atoms with Gasteiger partial charge in [0.1, 0.15) is 0 Å². The third-order valence-electron chi connectivity index (χ3n) is 1.93. The Morgan fingerprint density at radius 1 is 1.73 bits per heavy atom. The van der Waals surface area contributed by atoms with Gasteiger partial charge in [0.15, 0.2) is 0 Å². The van der Waals surface area contributed by atoms with E-state index < -0.39 is 0 Å². The lowest BCUT2D eigenvalue weighted by molar-refractivity contribution is -0.121. The molecule has 1 rings (SSSR count). The molecular weight excluding hydrogens is 164 g/mol.